The predicted octanol–water partition coefficient (Wildman–Crippen LogP) is 1.94. The number of likely N-dealkylation sites (tertiary alicyclic amines) is 1. The maximum Gasteiger partial charge on any atom is 0.0969 e. The first-order valence-electron chi connectivity index (χ1n) is 9.49. The summed E-state index contributed by atoms with van der Waals surface area (Å²) in [5.41, 5.74) is 2.06. The van der Waals surface area contributed by atoms with Gasteiger partial charge >= 0.3 is 0 Å². The van der Waals surface area contributed by atoms with Crippen molar-refractivity contribution in [1.29, 1.82) is 0 Å². The summed E-state index contributed by atoms with van der Waals surface area (Å²) in [6.07, 6.45) is 5.81. The van der Waals surface area contributed by atoms with Crippen LogP contribution in [0, 0.1) is 0 Å². The first-order valence-corrected chi connectivity index (χ1v) is 10.3. The van der Waals surface area contributed by atoms with E-state index in [0.717, 1.165) is 44.5 Å². The van der Waals surface area contributed by atoms with Crippen LogP contribution in [0.15, 0.2) is 16.2 Å². The van der Waals surface area contributed by atoms with Gasteiger partial charge < -0.3 is 15.7 Å². The minimum absolute atomic E-state index is 0.0387. The Morgan fingerprint density at radius 1 is 1.58 bits per heavy atom. The second-order valence-corrected chi connectivity index (χ2v) is 8.37. The summed E-state index contributed by atoms with van der Waals surface area (Å²) in [5, 5.41) is 12.7. The Morgan fingerprint density at radius 2 is 2.42 bits per heavy atom. The number of nitrogens with zero attached hydrogens (tertiary/aromatic N) is 3. The molecule has 3 rings (SSSR count). The molecule has 0 aromatic carbocycles. The van der Waals surface area contributed by atoms with E-state index < -0.39 is 0 Å². The number of thiophene rings is 1. The topological polar surface area (TPSA) is 83.4 Å². The molecule has 1 aromatic heterocycles. The van der Waals surface area contributed by atoms with Gasteiger partial charge in [-0.2, -0.15) is 5.10 Å². The van der Waals surface area contributed by atoms with Crippen LogP contribution in [0.3, 0.4) is 0 Å². The molecular weight excluding hydrogens is 348 g/mol. The molecule has 0 saturated carbocycles. The van der Waals surface area contributed by atoms with Crippen molar-refractivity contribution >= 4 is 23.3 Å². The Kier molecular flexibility index (Phi) is 6.45. The fourth-order valence-corrected chi connectivity index (χ4v) is 5.24. The molecular formula is C19H30N4O2S. The molecule has 1 aromatic rings. The number of hydrogen-bond donors (Lipinski definition) is 2. The third-order valence-electron chi connectivity index (χ3n) is 5.46. The van der Waals surface area contributed by atoms with Crippen molar-refractivity contribution in [2.45, 2.75) is 51.2 Å². The number of piperidine rings is 1. The predicted molar refractivity (Wildman–Crippen MR) is 107 cm³/mol. The molecule has 0 unspecified atom stereocenters. The Hall–Kier alpha value is -1.28. The van der Waals surface area contributed by atoms with Crippen molar-refractivity contribution in [3.63, 3.8) is 0 Å². The van der Waals surface area contributed by atoms with Crippen molar-refractivity contribution in [1.82, 2.24) is 4.90 Å². The van der Waals surface area contributed by atoms with Gasteiger partial charge in [0.05, 0.1) is 31.1 Å². The summed E-state index contributed by atoms with van der Waals surface area (Å²) in [5.74, 6) is 5.52. The van der Waals surface area contributed by atoms with Crippen LogP contribution in [-0.2, 0) is 23.2 Å². The number of rotatable bonds is 6. The summed E-state index contributed by atoms with van der Waals surface area (Å²) in [6, 6.07) is 2.76. The molecule has 1 spiro atoms. The Balaban J connectivity index is 1.70. The van der Waals surface area contributed by atoms with Crippen LogP contribution in [-0.4, -0.2) is 60.8 Å². The van der Waals surface area contributed by atoms with E-state index in [4.69, 9.17) is 15.7 Å². The zero-order chi connectivity index (χ0) is 18.6. The number of nitrogens with two attached hydrogens (primary N) is 1. The van der Waals surface area contributed by atoms with E-state index in [1.165, 1.54) is 15.3 Å². The summed E-state index contributed by atoms with van der Waals surface area (Å²) in [4.78, 5) is 9.52. The second-order valence-electron chi connectivity index (χ2n) is 7.15. The molecule has 3 heterocycles. The number of aryl methyl sites for hydroxylation is 1. The van der Waals surface area contributed by atoms with Gasteiger partial charge in [-0.05, 0) is 37.8 Å². The monoisotopic (exact) mass is 378 g/mol. The standard InChI is InChI=1S/C19H30N4O2S/c1-3-16-10-17-18(26-16)4-9-25-19(17)5-7-23(14(2)11-19)13-15(22-20)12-21-6-8-24/h10,12,14,24H,3-9,11,13,20H2,1-2H3/b21-12?,22-15+/t14-,19+/m0/s1. The van der Waals surface area contributed by atoms with Crippen LogP contribution in [0.1, 0.15) is 42.0 Å². The highest BCUT2D eigenvalue weighted by molar-refractivity contribution is 7.12. The molecule has 7 heteroatoms. The first kappa shape index (κ1) is 19.5. The third-order valence-corrected chi connectivity index (χ3v) is 6.80. The molecule has 2 aliphatic heterocycles. The molecule has 6 nitrogen and oxygen atoms in total. The fourth-order valence-electron chi connectivity index (χ4n) is 4.06. The van der Waals surface area contributed by atoms with Gasteiger partial charge in [0.2, 0.25) is 0 Å². The number of aliphatic hydroxyl groups excluding tert-OH is 1. The largest absolute Gasteiger partial charge is 0.394 e. The molecule has 0 aliphatic carbocycles. The Bertz CT molecular complexity index is 672. The SMILES string of the molecule is CCc1cc2c(s1)CCO[C@@]21CCN(C/C(C=NCCO)=N/N)[C@@H](C)C1. The highest BCUT2D eigenvalue weighted by atomic mass is 32.1. The maximum absolute atomic E-state index is 8.85. The molecule has 26 heavy (non-hydrogen) atoms. The van der Waals surface area contributed by atoms with E-state index in [2.05, 4.69) is 34.9 Å². The van der Waals surface area contributed by atoms with E-state index >= 15 is 0 Å². The van der Waals surface area contributed by atoms with Gasteiger partial charge in [-0.1, -0.05) is 6.92 Å². The fraction of sp³-hybridized carbons (Fsp3) is 0.684. The molecule has 0 radical (unpaired) electrons. The number of ether oxygens (including phenoxy) is 1. The van der Waals surface area contributed by atoms with Crippen molar-refractivity contribution in [3.05, 3.63) is 21.4 Å². The highest BCUT2D eigenvalue weighted by Crippen LogP contribution is 2.46. The van der Waals surface area contributed by atoms with Crippen LogP contribution in [0.2, 0.25) is 0 Å². The summed E-state index contributed by atoms with van der Waals surface area (Å²) in [7, 11) is 0. The van der Waals surface area contributed by atoms with E-state index in [-0.39, 0.29) is 12.2 Å². The van der Waals surface area contributed by atoms with Gasteiger partial charge in [0.1, 0.15) is 0 Å². The Labute approximate surface area is 159 Å². The maximum atomic E-state index is 8.85. The van der Waals surface area contributed by atoms with Crippen LogP contribution in [0.25, 0.3) is 0 Å². The van der Waals surface area contributed by atoms with Gasteiger partial charge in [-0.15, -0.1) is 11.3 Å². The lowest BCUT2D eigenvalue weighted by atomic mass is 9.79. The molecule has 0 bridgehead atoms. The van der Waals surface area contributed by atoms with Crippen LogP contribution < -0.4 is 5.84 Å². The number of hydrazone groups is 1. The quantitative estimate of drug-likeness (QED) is 0.450. The normalized spacial score (nSPS) is 27.3. The third kappa shape index (κ3) is 4.01. The van der Waals surface area contributed by atoms with Crippen LogP contribution in [0.4, 0.5) is 0 Å². The Morgan fingerprint density at radius 3 is 3.12 bits per heavy atom. The van der Waals surface area contributed by atoms with E-state index in [1.54, 1.807) is 6.21 Å². The zero-order valence-electron chi connectivity index (χ0n) is 15.8. The molecule has 0 amide bonds. The highest BCUT2D eigenvalue weighted by Gasteiger charge is 2.44. The average molecular weight is 379 g/mol. The van der Waals surface area contributed by atoms with E-state index in [9.17, 15) is 0 Å². The smallest absolute Gasteiger partial charge is 0.0969 e. The molecule has 3 N–H and O–H groups in total. The van der Waals surface area contributed by atoms with E-state index in [1.807, 2.05) is 11.3 Å². The van der Waals surface area contributed by atoms with E-state index in [0.29, 0.717) is 19.1 Å². The van der Waals surface area contributed by atoms with Gasteiger partial charge in [0.25, 0.3) is 0 Å². The van der Waals surface area contributed by atoms with Crippen LogP contribution >= 0.6 is 11.3 Å². The molecule has 144 valence electrons. The van der Waals surface area contributed by atoms with Crippen molar-refractivity contribution < 1.29 is 9.84 Å². The van der Waals surface area contributed by atoms with Gasteiger partial charge in [0.15, 0.2) is 0 Å². The number of hydrogen-bond acceptors (Lipinski definition) is 7. The second kappa shape index (κ2) is 8.61. The lowest BCUT2D eigenvalue weighted by Crippen LogP contribution is -2.51. The summed E-state index contributed by atoms with van der Waals surface area (Å²) >= 11 is 1.96. The molecule has 1 saturated heterocycles. The number of aliphatic hydroxyl groups is 1. The molecule has 1 fully saturated rings. The summed E-state index contributed by atoms with van der Waals surface area (Å²) < 4.78 is 6.39. The van der Waals surface area contributed by atoms with Gasteiger partial charge in [0, 0.05) is 41.5 Å². The zero-order valence-corrected chi connectivity index (χ0v) is 16.6. The molecule has 2 aliphatic rings. The first-order chi connectivity index (χ1) is 12.6. The van der Waals surface area contributed by atoms with Crippen LogP contribution in [0.5, 0.6) is 0 Å². The number of aliphatic imine (C=N–C) groups is 1. The van der Waals surface area contributed by atoms with Crippen molar-refractivity contribution in [2.24, 2.45) is 15.9 Å². The van der Waals surface area contributed by atoms with Crippen molar-refractivity contribution in [3.8, 4) is 0 Å². The minimum atomic E-state index is -0.127. The lowest BCUT2D eigenvalue weighted by Gasteiger charge is -2.47. The van der Waals surface area contributed by atoms with Crippen molar-refractivity contribution in [2.75, 3.05) is 32.8 Å². The molecule has 2 atom stereocenters. The van der Waals surface area contributed by atoms with Gasteiger partial charge in [-0.3, -0.25) is 9.89 Å². The van der Waals surface area contributed by atoms with Gasteiger partial charge in [-0.25, -0.2) is 0 Å². The lowest BCUT2D eigenvalue weighted by molar-refractivity contribution is -0.108. The summed E-state index contributed by atoms with van der Waals surface area (Å²) in [6.45, 7) is 7.35. The minimum Gasteiger partial charge on any atom is -0.394 e. The average Bonchev–Trinajstić information content (AvgIpc) is 3.08. The number of fused-ring (bicyclic) bond motifs is 2.